The van der Waals surface area contributed by atoms with Crippen LogP contribution >= 0.6 is 0 Å². The lowest BCUT2D eigenvalue weighted by molar-refractivity contribution is -0.153. The molecule has 4 rings (SSSR count). The number of hydrogen-bond donors (Lipinski definition) is 2. The number of rotatable bonds is 7. The predicted molar refractivity (Wildman–Crippen MR) is 109 cm³/mol. The highest BCUT2D eigenvalue weighted by Gasteiger charge is 2.49. The zero-order chi connectivity index (χ0) is 20.2. The highest BCUT2D eigenvalue weighted by molar-refractivity contribution is 5.79. The molecule has 3 aliphatic heterocycles. The van der Waals surface area contributed by atoms with E-state index in [-0.39, 0.29) is 30.5 Å². The van der Waals surface area contributed by atoms with E-state index in [1.54, 1.807) is 12.4 Å². The van der Waals surface area contributed by atoms with Crippen molar-refractivity contribution in [2.45, 2.75) is 50.6 Å². The van der Waals surface area contributed by atoms with Crippen LogP contribution in [0.3, 0.4) is 0 Å². The van der Waals surface area contributed by atoms with Crippen molar-refractivity contribution < 1.29 is 14.7 Å². The lowest BCUT2D eigenvalue weighted by Gasteiger charge is -2.56. The topological polar surface area (TPSA) is 85.8 Å². The molecule has 0 aliphatic carbocycles. The van der Waals surface area contributed by atoms with Crippen molar-refractivity contribution >= 4 is 11.8 Å². The van der Waals surface area contributed by atoms with Crippen LogP contribution in [0.15, 0.2) is 24.5 Å². The van der Waals surface area contributed by atoms with Crippen LogP contribution in [0, 0.1) is 11.8 Å². The highest BCUT2D eigenvalue weighted by Crippen LogP contribution is 2.41. The van der Waals surface area contributed by atoms with Crippen molar-refractivity contribution in [3.05, 3.63) is 30.1 Å². The van der Waals surface area contributed by atoms with E-state index in [1.807, 2.05) is 12.1 Å². The summed E-state index contributed by atoms with van der Waals surface area (Å²) >= 11 is 0. The van der Waals surface area contributed by atoms with Gasteiger partial charge in [0.2, 0.25) is 11.8 Å². The Morgan fingerprint density at radius 2 is 2.17 bits per heavy atom. The maximum absolute atomic E-state index is 12.8. The molecule has 1 aromatic rings. The number of pyridine rings is 1. The van der Waals surface area contributed by atoms with Crippen LogP contribution in [0.2, 0.25) is 0 Å². The SMILES string of the molecule is O=C(CCc1cccnc1)NC[C@H]1[C@H]2C[C@H](CN(CCO)C2)[C@@H]2CCCC(=O)N21. The molecule has 0 saturated carbocycles. The van der Waals surface area contributed by atoms with Gasteiger partial charge >= 0.3 is 0 Å². The first kappa shape index (κ1) is 20.3. The molecule has 2 bridgehead atoms. The molecule has 0 radical (unpaired) electrons. The van der Waals surface area contributed by atoms with Crippen LogP contribution in [-0.2, 0) is 16.0 Å². The Balaban J connectivity index is 1.39. The standard InChI is InChI=1S/C22H32N4O3/c27-10-9-25-14-17-11-18(15-25)20(26-19(17)4-1-5-22(26)29)13-24-21(28)7-6-16-3-2-8-23-12-16/h2-3,8,12,17-20,27H,1,4-7,9-11,13-15H2,(H,24,28)/t17-,18+,19+,20+/m1/s1. The summed E-state index contributed by atoms with van der Waals surface area (Å²) in [7, 11) is 0. The average Bonchev–Trinajstić information content (AvgIpc) is 2.73. The number of aliphatic hydroxyl groups excluding tert-OH is 1. The first-order valence-corrected chi connectivity index (χ1v) is 11.0. The number of amides is 2. The molecule has 2 amide bonds. The van der Waals surface area contributed by atoms with Crippen molar-refractivity contribution in [1.29, 1.82) is 0 Å². The number of nitrogens with zero attached hydrogens (tertiary/aromatic N) is 3. The van der Waals surface area contributed by atoms with E-state index < -0.39 is 0 Å². The minimum absolute atomic E-state index is 0.0278. The number of piperidine rings is 3. The zero-order valence-electron chi connectivity index (χ0n) is 17.0. The van der Waals surface area contributed by atoms with Crippen LogP contribution in [0.1, 0.15) is 37.7 Å². The summed E-state index contributed by atoms with van der Waals surface area (Å²) in [6.07, 6.45) is 8.39. The number of hydrogen-bond acceptors (Lipinski definition) is 5. The molecule has 29 heavy (non-hydrogen) atoms. The molecule has 7 nitrogen and oxygen atoms in total. The lowest BCUT2D eigenvalue weighted by Crippen LogP contribution is -2.67. The molecule has 158 valence electrons. The molecule has 4 atom stereocenters. The van der Waals surface area contributed by atoms with E-state index in [0.717, 1.165) is 37.9 Å². The van der Waals surface area contributed by atoms with Crippen molar-refractivity contribution in [2.75, 3.05) is 32.8 Å². The van der Waals surface area contributed by atoms with Crippen molar-refractivity contribution in [3.63, 3.8) is 0 Å². The van der Waals surface area contributed by atoms with Crippen LogP contribution in [0.4, 0.5) is 0 Å². The second-order valence-corrected chi connectivity index (χ2v) is 8.73. The maximum Gasteiger partial charge on any atom is 0.223 e. The number of carbonyl (C=O) groups is 2. The van der Waals surface area contributed by atoms with Gasteiger partial charge in [0.25, 0.3) is 0 Å². The number of aromatic nitrogens is 1. The molecule has 3 aliphatic rings. The van der Waals surface area contributed by atoms with Gasteiger partial charge in [-0.3, -0.25) is 14.6 Å². The Bertz CT molecular complexity index is 711. The summed E-state index contributed by atoms with van der Waals surface area (Å²) in [4.78, 5) is 33.8. The van der Waals surface area contributed by atoms with Crippen LogP contribution < -0.4 is 5.32 Å². The van der Waals surface area contributed by atoms with Gasteiger partial charge in [0.05, 0.1) is 12.6 Å². The average molecular weight is 401 g/mol. The summed E-state index contributed by atoms with van der Waals surface area (Å²) in [6, 6.07) is 4.21. The zero-order valence-corrected chi connectivity index (χ0v) is 17.0. The number of likely N-dealkylation sites (tertiary alicyclic amines) is 1. The van der Waals surface area contributed by atoms with Gasteiger partial charge in [-0.25, -0.2) is 0 Å². The second-order valence-electron chi connectivity index (χ2n) is 8.73. The third-order valence-electron chi connectivity index (χ3n) is 6.86. The fourth-order valence-corrected chi connectivity index (χ4v) is 5.57. The molecule has 3 fully saturated rings. The molecule has 3 saturated heterocycles. The number of nitrogens with one attached hydrogen (secondary N) is 1. The first-order chi connectivity index (χ1) is 14.2. The minimum atomic E-state index is 0.0278. The second kappa shape index (κ2) is 9.22. The number of carbonyl (C=O) groups excluding carboxylic acids is 2. The summed E-state index contributed by atoms with van der Waals surface area (Å²) < 4.78 is 0. The smallest absolute Gasteiger partial charge is 0.223 e. The molecule has 1 aromatic heterocycles. The van der Waals surface area contributed by atoms with Gasteiger partial charge in [-0.2, -0.15) is 0 Å². The summed E-state index contributed by atoms with van der Waals surface area (Å²) in [5.41, 5.74) is 1.06. The van der Waals surface area contributed by atoms with Gasteiger partial charge in [-0.15, -0.1) is 0 Å². The quantitative estimate of drug-likeness (QED) is 0.708. The van der Waals surface area contributed by atoms with E-state index in [9.17, 15) is 14.7 Å². The monoisotopic (exact) mass is 400 g/mol. The summed E-state index contributed by atoms with van der Waals surface area (Å²) in [5.74, 6) is 1.13. The number of β-amino-alcohol motifs (C(OH)–C–C–N with tert-alkyl or cyclic N) is 1. The molecular weight excluding hydrogens is 368 g/mol. The molecule has 0 unspecified atom stereocenters. The Morgan fingerprint density at radius 3 is 2.97 bits per heavy atom. The largest absolute Gasteiger partial charge is 0.395 e. The van der Waals surface area contributed by atoms with Crippen LogP contribution in [0.5, 0.6) is 0 Å². The molecule has 7 heteroatoms. The maximum atomic E-state index is 12.8. The first-order valence-electron chi connectivity index (χ1n) is 11.0. The molecular formula is C22H32N4O3. The van der Waals surface area contributed by atoms with Gasteiger partial charge in [0.1, 0.15) is 0 Å². The van der Waals surface area contributed by atoms with Gasteiger partial charge in [-0.05, 0) is 49.1 Å². The van der Waals surface area contributed by atoms with E-state index in [2.05, 4.69) is 20.1 Å². The molecule has 2 N–H and O–H groups in total. The lowest BCUT2D eigenvalue weighted by atomic mass is 9.72. The van der Waals surface area contributed by atoms with Crippen molar-refractivity contribution in [2.24, 2.45) is 11.8 Å². The van der Waals surface area contributed by atoms with Gasteiger partial charge in [-0.1, -0.05) is 6.07 Å². The van der Waals surface area contributed by atoms with Gasteiger partial charge in [0, 0.05) is 57.5 Å². The third-order valence-corrected chi connectivity index (χ3v) is 6.86. The van der Waals surface area contributed by atoms with Crippen molar-refractivity contribution in [3.8, 4) is 0 Å². The molecule has 0 spiro atoms. The van der Waals surface area contributed by atoms with Crippen molar-refractivity contribution in [1.82, 2.24) is 20.1 Å². The fourth-order valence-electron chi connectivity index (χ4n) is 5.57. The predicted octanol–water partition coefficient (Wildman–Crippen LogP) is 0.824. The summed E-state index contributed by atoms with van der Waals surface area (Å²) in [5, 5.41) is 12.5. The molecule has 4 heterocycles. The Labute approximate surface area is 172 Å². The minimum Gasteiger partial charge on any atom is -0.395 e. The fraction of sp³-hybridized carbons (Fsp3) is 0.682. The van der Waals surface area contributed by atoms with E-state index in [1.165, 1.54) is 0 Å². The highest BCUT2D eigenvalue weighted by atomic mass is 16.3. The van der Waals surface area contributed by atoms with E-state index in [0.29, 0.717) is 44.2 Å². The Hall–Kier alpha value is -1.99. The number of fused-ring (bicyclic) bond motifs is 4. The number of aryl methyl sites for hydroxylation is 1. The van der Waals surface area contributed by atoms with Crippen LogP contribution in [-0.4, -0.2) is 76.6 Å². The van der Waals surface area contributed by atoms with Gasteiger partial charge in [0.15, 0.2) is 0 Å². The van der Waals surface area contributed by atoms with E-state index in [4.69, 9.17) is 0 Å². The third kappa shape index (κ3) is 4.61. The van der Waals surface area contributed by atoms with E-state index >= 15 is 0 Å². The van der Waals surface area contributed by atoms with Gasteiger partial charge < -0.3 is 20.2 Å². The Kier molecular flexibility index (Phi) is 6.45. The summed E-state index contributed by atoms with van der Waals surface area (Å²) in [6.45, 7) is 3.25. The number of aliphatic hydroxyl groups is 1. The normalized spacial score (nSPS) is 29.4. The molecule has 0 aromatic carbocycles. The Morgan fingerprint density at radius 1 is 1.31 bits per heavy atom. The van der Waals surface area contributed by atoms with Crippen LogP contribution in [0.25, 0.3) is 0 Å².